The minimum atomic E-state index is 0.621. The summed E-state index contributed by atoms with van der Waals surface area (Å²) in [5, 5.41) is 3.35. The number of nitrogens with one attached hydrogen (secondary N) is 1. The zero-order chi connectivity index (χ0) is 14.2. The van der Waals surface area contributed by atoms with Crippen LogP contribution in [0.3, 0.4) is 0 Å². The van der Waals surface area contributed by atoms with Crippen molar-refractivity contribution in [1.29, 1.82) is 0 Å². The molecule has 0 atom stereocenters. The van der Waals surface area contributed by atoms with Gasteiger partial charge in [-0.05, 0) is 48.7 Å². The van der Waals surface area contributed by atoms with Crippen LogP contribution in [0.1, 0.15) is 0 Å². The predicted octanol–water partition coefficient (Wildman–Crippen LogP) is 3.91. The molecular weight excluding hydrogens is 270 g/mol. The summed E-state index contributed by atoms with van der Waals surface area (Å²) >= 11 is 1.74. The van der Waals surface area contributed by atoms with E-state index in [1.165, 1.54) is 4.90 Å². The average Bonchev–Trinajstić information content (AvgIpc) is 2.52. The number of methoxy groups -OCH3 is 1. The van der Waals surface area contributed by atoms with Crippen molar-refractivity contribution in [1.82, 2.24) is 0 Å². The molecule has 106 valence electrons. The second-order valence-electron chi connectivity index (χ2n) is 4.18. The smallest absolute Gasteiger partial charge is 0.119 e. The lowest BCUT2D eigenvalue weighted by molar-refractivity contribution is 0.332. The summed E-state index contributed by atoms with van der Waals surface area (Å²) in [5.74, 6) is 1.69. The van der Waals surface area contributed by atoms with Gasteiger partial charge in [-0.25, -0.2) is 0 Å². The van der Waals surface area contributed by atoms with E-state index in [2.05, 4.69) is 35.8 Å². The van der Waals surface area contributed by atoms with E-state index in [1.54, 1.807) is 18.9 Å². The Kier molecular flexibility index (Phi) is 5.62. The number of ether oxygens (including phenoxy) is 2. The highest BCUT2D eigenvalue weighted by Gasteiger charge is 1.96. The molecule has 0 bridgehead atoms. The molecule has 0 aliphatic heterocycles. The molecule has 0 unspecified atom stereocenters. The number of anilines is 1. The summed E-state index contributed by atoms with van der Waals surface area (Å²) in [6.45, 7) is 1.39. The highest BCUT2D eigenvalue weighted by molar-refractivity contribution is 7.98. The van der Waals surface area contributed by atoms with Crippen molar-refractivity contribution in [2.45, 2.75) is 4.90 Å². The van der Waals surface area contributed by atoms with Gasteiger partial charge in [0.25, 0.3) is 0 Å². The third kappa shape index (κ3) is 4.38. The molecule has 3 nitrogen and oxygen atoms in total. The Balaban J connectivity index is 1.75. The third-order valence-electron chi connectivity index (χ3n) is 2.83. The number of rotatable bonds is 7. The monoisotopic (exact) mass is 289 g/mol. The van der Waals surface area contributed by atoms with Crippen molar-refractivity contribution in [3.05, 3.63) is 48.5 Å². The number of benzene rings is 2. The molecule has 0 aliphatic carbocycles. The van der Waals surface area contributed by atoms with Gasteiger partial charge in [-0.2, -0.15) is 0 Å². The Bertz CT molecular complexity index is 528. The molecule has 0 amide bonds. The van der Waals surface area contributed by atoms with Gasteiger partial charge in [-0.1, -0.05) is 6.07 Å². The van der Waals surface area contributed by atoms with Crippen LogP contribution in [0.15, 0.2) is 53.4 Å². The lowest BCUT2D eigenvalue weighted by Gasteiger charge is -2.09. The lowest BCUT2D eigenvalue weighted by Crippen LogP contribution is -2.11. The van der Waals surface area contributed by atoms with Gasteiger partial charge >= 0.3 is 0 Å². The van der Waals surface area contributed by atoms with Crippen LogP contribution in [0.25, 0.3) is 0 Å². The summed E-state index contributed by atoms with van der Waals surface area (Å²) in [4.78, 5) is 1.26. The first-order chi connectivity index (χ1) is 9.81. The number of thioether (sulfide) groups is 1. The molecule has 20 heavy (non-hydrogen) atoms. The lowest BCUT2D eigenvalue weighted by atomic mass is 10.3. The number of hydrogen-bond acceptors (Lipinski definition) is 4. The zero-order valence-corrected chi connectivity index (χ0v) is 12.6. The van der Waals surface area contributed by atoms with Crippen LogP contribution in [0, 0.1) is 0 Å². The maximum absolute atomic E-state index is 5.66. The minimum absolute atomic E-state index is 0.621. The molecule has 0 aromatic heterocycles. The molecule has 0 aliphatic rings. The van der Waals surface area contributed by atoms with Gasteiger partial charge in [0.2, 0.25) is 0 Å². The van der Waals surface area contributed by atoms with E-state index in [0.717, 1.165) is 23.7 Å². The standard InChI is InChI=1S/C16H19NO2S/c1-18-14-6-8-15(9-7-14)19-11-10-17-13-4-3-5-16(12-13)20-2/h3-9,12,17H,10-11H2,1-2H3. The molecule has 0 saturated heterocycles. The van der Waals surface area contributed by atoms with Crippen molar-refractivity contribution >= 4 is 17.4 Å². The SMILES string of the molecule is COc1ccc(OCCNc2cccc(SC)c2)cc1. The molecule has 4 heteroatoms. The highest BCUT2D eigenvalue weighted by atomic mass is 32.2. The Morgan fingerprint density at radius 1 is 1.05 bits per heavy atom. The Labute approximate surface area is 124 Å². The third-order valence-corrected chi connectivity index (χ3v) is 3.55. The van der Waals surface area contributed by atoms with Crippen LogP contribution in [-0.2, 0) is 0 Å². The van der Waals surface area contributed by atoms with Crippen molar-refractivity contribution in [2.24, 2.45) is 0 Å². The van der Waals surface area contributed by atoms with E-state index >= 15 is 0 Å². The van der Waals surface area contributed by atoms with Crippen LogP contribution < -0.4 is 14.8 Å². The first-order valence-corrected chi connectivity index (χ1v) is 7.69. The summed E-state index contributed by atoms with van der Waals surface area (Å²) < 4.78 is 10.8. The van der Waals surface area contributed by atoms with E-state index < -0.39 is 0 Å². The fourth-order valence-electron chi connectivity index (χ4n) is 1.77. The van der Waals surface area contributed by atoms with Gasteiger partial charge in [0.05, 0.1) is 7.11 Å². The van der Waals surface area contributed by atoms with E-state index in [9.17, 15) is 0 Å². The summed E-state index contributed by atoms with van der Waals surface area (Å²) in [5.41, 5.74) is 1.12. The molecule has 2 rings (SSSR count). The average molecular weight is 289 g/mol. The predicted molar refractivity (Wildman–Crippen MR) is 85.2 cm³/mol. The van der Waals surface area contributed by atoms with Gasteiger partial charge < -0.3 is 14.8 Å². The Morgan fingerprint density at radius 2 is 1.80 bits per heavy atom. The molecule has 2 aromatic carbocycles. The fourth-order valence-corrected chi connectivity index (χ4v) is 2.23. The van der Waals surface area contributed by atoms with Crippen LogP contribution in [0.5, 0.6) is 11.5 Å². The van der Waals surface area contributed by atoms with Crippen molar-refractivity contribution in [2.75, 3.05) is 31.8 Å². The van der Waals surface area contributed by atoms with Crippen LogP contribution in [0.4, 0.5) is 5.69 Å². The maximum atomic E-state index is 5.66. The highest BCUT2D eigenvalue weighted by Crippen LogP contribution is 2.19. The normalized spacial score (nSPS) is 10.1. The van der Waals surface area contributed by atoms with Gasteiger partial charge in [-0.15, -0.1) is 11.8 Å². The van der Waals surface area contributed by atoms with Crippen molar-refractivity contribution in [3.63, 3.8) is 0 Å². The largest absolute Gasteiger partial charge is 0.497 e. The molecule has 0 heterocycles. The number of hydrogen-bond donors (Lipinski definition) is 1. The molecule has 0 radical (unpaired) electrons. The maximum Gasteiger partial charge on any atom is 0.119 e. The first kappa shape index (κ1) is 14.6. The second kappa shape index (κ2) is 7.70. The summed E-state index contributed by atoms with van der Waals surface area (Å²) in [7, 11) is 1.66. The molecule has 0 saturated carbocycles. The minimum Gasteiger partial charge on any atom is -0.497 e. The molecule has 2 aromatic rings. The Morgan fingerprint density at radius 3 is 2.50 bits per heavy atom. The van der Waals surface area contributed by atoms with Gasteiger partial charge in [0, 0.05) is 17.1 Å². The first-order valence-electron chi connectivity index (χ1n) is 6.46. The topological polar surface area (TPSA) is 30.5 Å². The van der Waals surface area contributed by atoms with E-state index in [0.29, 0.717) is 6.61 Å². The van der Waals surface area contributed by atoms with E-state index in [-0.39, 0.29) is 0 Å². The van der Waals surface area contributed by atoms with Crippen LogP contribution in [0.2, 0.25) is 0 Å². The van der Waals surface area contributed by atoms with Crippen LogP contribution >= 0.6 is 11.8 Å². The summed E-state index contributed by atoms with van der Waals surface area (Å²) in [6, 6.07) is 16.0. The molecule has 0 fully saturated rings. The summed E-state index contributed by atoms with van der Waals surface area (Å²) in [6.07, 6.45) is 2.08. The zero-order valence-electron chi connectivity index (χ0n) is 11.8. The molecule has 1 N–H and O–H groups in total. The van der Waals surface area contributed by atoms with Gasteiger partial charge in [0.1, 0.15) is 18.1 Å². The van der Waals surface area contributed by atoms with E-state index in [4.69, 9.17) is 9.47 Å². The fraction of sp³-hybridized carbons (Fsp3) is 0.250. The Hall–Kier alpha value is -1.81. The van der Waals surface area contributed by atoms with E-state index in [1.807, 2.05) is 24.3 Å². The second-order valence-corrected chi connectivity index (χ2v) is 5.06. The van der Waals surface area contributed by atoms with Crippen LogP contribution in [-0.4, -0.2) is 26.5 Å². The van der Waals surface area contributed by atoms with Gasteiger partial charge in [0.15, 0.2) is 0 Å². The quantitative estimate of drug-likeness (QED) is 0.618. The molecule has 0 spiro atoms. The van der Waals surface area contributed by atoms with Crippen molar-refractivity contribution < 1.29 is 9.47 Å². The van der Waals surface area contributed by atoms with Gasteiger partial charge in [-0.3, -0.25) is 0 Å². The molecular formula is C16H19NO2S. The van der Waals surface area contributed by atoms with Crippen molar-refractivity contribution in [3.8, 4) is 11.5 Å².